The van der Waals surface area contributed by atoms with Gasteiger partial charge in [0, 0.05) is 18.4 Å². The summed E-state index contributed by atoms with van der Waals surface area (Å²) in [4.78, 5) is 12.0. The summed E-state index contributed by atoms with van der Waals surface area (Å²) >= 11 is 1.71. The van der Waals surface area contributed by atoms with Crippen LogP contribution in [0.2, 0.25) is 0 Å². The monoisotopic (exact) mass is 209 g/mol. The van der Waals surface area contributed by atoms with Crippen LogP contribution in [0, 0.1) is 6.92 Å². The van der Waals surface area contributed by atoms with Crippen LogP contribution in [-0.4, -0.2) is 12.2 Å². The van der Waals surface area contributed by atoms with Crippen molar-refractivity contribution in [2.24, 2.45) is 0 Å². The van der Waals surface area contributed by atoms with E-state index in [1.165, 1.54) is 22.9 Å². The summed E-state index contributed by atoms with van der Waals surface area (Å²) in [6.07, 6.45) is 2.05. The Morgan fingerprint density at radius 1 is 1.50 bits per heavy atom. The molecule has 0 saturated heterocycles. The molecular weight excluding hydrogens is 194 g/mol. The number of rotatable bonds is 3. The Labute approximate surface area is 89.1 Å². The van der Waals surface area contributed by atoms with E-state index < -0.39 is 0 Å². The van der Waals surface area contributed by atoms with Gasteiger partial charge in [-0.25, -0.2) is 0 Å². The van der Waals surface area contributed by atoms with Crippen LogP contribution in [0.15, 0.2) is 23.1 Å². The molecule has 1 rings (SSSR count). The lowest BCUT2D eigenvalue weighted by Gasteiger charge is -2.08. The number of aryl methyl sites for hydroxylation is 1. The van der Waals surface area contributed by atoms with Crippen molar-refractivity contribution in [3.63, 3.8) is 0 Å². The summed E-state index contributed by atoms with van der Waals surface area (Å²) in [6.45, 7) is 4.22. The predicted molar refractivity (Wildman–Crippen MR) is 60.5 cm³/mol. The Bertz CT molecular complexity index is 336. The molecule has 0 radical (unpaired) electrons. The summed E-state index contributed by atoms with van der Waals surface area (Å²) in [7, 11) is 0. The molecule has 3 heteroatoms. The summed E-state index contributed by atoms with van der Waals surface area (Å²) < 4.78 is 0. The minimum atomic E-state index is 0.0117. The van der Waals surface area contributed by atoms with Crippen LogP contribution in [0.5, 0.6) is 0 Å². The second-order valence-corrected chi connectivity index (χ2v) is 4.07. The molecule has 0 aliphatic carbocycles. The van der Waals surface area contributed by atoms with Crippen LogP contribution in [0.25, 0.3) is 0 Å². The molecule has 1 aromatic rings. The van der Waals surface area contributed by atoms with Crippen molar-refractivity contribution in [1.82, 2.24) is 5.32 Å². The second-order valence-electron chi connectivity index (χ2n) is 3.23. The van der Waals surface area contributed by atoms with E-state index in [1.807, 2.05) is 6.26 Å². The predicted octanol–water partition coefficient (Wildman–Crippen LogP) is 2.35. The molecule has 0 atom stereocenters. The third-order valence-corrected chi connectivity index (χ3v) is 2.79. The van der Waals surface area contributed by atoms with Crippen LogP contribution >= 0.6 is 11.8 Å². The first kappa shape index (κ1) is 11.1. The molecule has 0 saturated carbocycles. The van der Waals surface area contributed by atoms with Crippen LogP contribution in [0.3, 0.4) is 0 Å². The quantitative estimate of drug-likeness (QED) is 0.774. The van der Waals surface area contributed by atoms with Gasteiger partial charge < -0.3 is 5.32 Å². The average molecular weight is 209 g/mol. The van der Waals surface area contributed by atoms with E-state index >= 15 is 0 Å². The summed E-state index contributed by atoms with van der Waals surface area (Å²) in [5.74, 6) is 0.0117. The number of carbonyl (C=O) groups is 1. The zero-order chi connectivity index (χ0) is 10.6. The van der Waals surface area contributed by atoms with Crippen LogP contribution in [0.1, 0.15) is 18.1 Å². The third-order valence-electron chi connectivity index (χ3n) is 1.97. The van der Waals surface area contributed by atoms with Gasteiger partial charge in [0.1, 0.15) is 0 Å². The van der Waals surface area contributed by atoms with Crippen molar-refractivity contribution >= 4 is 17.7 Å². The Morgan fingerprint density at radius 3 is 2.79 bits per heavy atom. The van der Waals surface area contributed by atoms with Crippen molar-refractivity contribution in [1.29, 1.82) is 0 Å². The van der Waals surface area contributed by atoms with Gasteiger partial charge in [-0.3, -0.25) is 4.79 Å². The van der Waals surface area contributed by atoms with Crippen molar-refractivity contribution in [2.45, 2.75) is 25.3 Å². The molecule has 0 fully saturated rings. The van der Waals surface area contributed by atoms with Gasteiger partial charge in [0.25, 0.3) is 0 Å². The Balaban J connectivity index is 2.80. The van der Waals surface area contributed by atoms with E-state index in [1.54, 1.807) is 11.8 Å². The van der Waals surface area contributed by atoms with Gasteiger partial charge in [-0.1, -0.05) is 12.1 Å². The molecule has 0 aliphatic rings. The van der Waals surface area contributed by atoms with E-state index in [0.29, 0.717) is 6.54 Å². The van der Waals surface area contributed by atoms with Gasteiger partial charge >= 0.3 is 0 Å². The summed E-state index contributed by atoms with van der Waals surface area (Å²) in [5, 5.41) is 2.80. The number of hydrogen-bond acceptors (Lipinski definition) is 2. The van der Waals surface area contributed by atoms with Crippen LogP contribution < -0.4 is 5.32 Å². The van der Waals surface area contributed by atoms with Crippen molar-refractivity contribution < 1.29 is 4.79 Å². The normalized spacial score (nSPS) is 9.93. The number of carbonyl (C=O) groups excluding carboxylic acids is 1. The van der Waals surface area contributed by atoms with Gasteiger partial charge in [0.05, 0.1) is 0 Å². The SMILES string of the molecule is CSc1cc(C)ccc1CNC(C)=O. The topological polar surface area (TPSA) is 29.1 Å². The van der Waals surface area contributed by atoms with E-state index in [0.717, 1.165) is 0 Å². The third kappa shape index (κ3) is 3.07. The van der Waals surface area contributed by atoms with E-state index in [2.05, 4.69) is 30.4 Å². The van der Waals surface area contributed by atoms with Crippen molar-refractivity contribution in [2.75, 3.05) is 6.26 Å². The first-order valence-electron chi connectivity index (χ1n) is 4.51. The lowest BCUT2D eigenvalue weighted by Crippen LogP contribution is -2.19. The van der Waals surface area contributed by atoms with E-state index in [4.69, 9.17) is 0 Å². The minimum Gasteiger partial charge on any atom is -0.352 e. The van der Waals surface area contributed by atoms with Crippen molar-refractivity contribution in [3.8, 4) is 0 Å². The fourth-order valence-corrected chi connectivity index (χ4v) is 1.92. The van der Waals surface area contributed by atoms with Crippen molar-refractivity contribution in [3.05, 3.63) is 29.3 Å². The highest BCUT2D eigenvalue weighted by atomic mass is 32.2. The lowest BCUT2D eigenvalue weighted by atomic mass is 10.1. The van der Waals surface area contributed by atoms with Crippen LogP contribution in [0.4, 0.5) is 0 Å². The smallest absolute Gasteiger partial charge is 0.217 e. The molecule has 0 heterocycles. The number of amides is 1. The first-order chi connectivity index (χ1) is 6.63. The maximum Gasteiger partial charge on any atom is 0.217 e. The zero-order valence-corrected chi connectivity index (χ0v) is 9.57. The molecule has 1 amide bonds. The maximum atomic E-state index is 10.8. The zero-order valence-electron chi connectivity index (χ0n) is 8.76. The Morgan fingerprint density at radius 2 is 2.21 bits per heavy atom. The lowest BCUT2D eigenvalue weighted by molar-refractivity contribution is -0.119. The Hall–Kier alpha value is -0.960. The number of thioether (sulfide) groups is 1. The standard InChI is InChI=1S/C11H15NOS/c1-8-4-5-10(7-12-9(2)13)11(6-8)14-3/h4-6H,7H2,1-3H3,(H,12,13). The minimum absolute atomic E-state index is 0.0117. The van der Waals surface area contributed by atoms with Gasteiger partial charge in [0.15, 0.2) is 0 Å². The van der Waals surface area contributed by atoms with Gasteiger partial charge in [0.2, 0.25) is 5.91 Å². The molecule has 2 nitrogen and oxygen atoms in total. The average Bonchev–Trinajstić information content (AvgIpc) is 2.15. The molecule has 0 aromatic heterocycles. The molecule has 1 aromatic carbocycles. The molecule has 76 valence electrons. The second kappa shape index (κ2) is 5.05. The fraction of sp³-hybridized carbons (Fsp3) is 0.364. The number of benzene rings is 1. The first-order valence-corrected chi connectivity index (χ1v) is 5.74. The summed E-state index contributed by atoms with van der Waals surface area (Å²) in [5.41, 5.74) is 2.43. The molecular formula is C11H15NOS. The van der Waals surface area contributed by atoms with Crippen LogP contribution in [-0.2, 0) is 11.3 Å². The molecule has 14 heavy (non-hydrogen) atoms. The van der Waals surface area contributed by atoms with E-state index in [9.17, 15) is 4.79 Å². The highest BCUT2D eigenvalue weighted by Gasteiger charge is 2.01. The molecule has 0 spiro atoms. The Kier molecular flexibility index (Phi) is 4.01. The van der Waals surface area contributed by atoms with E-state index in [-0.39, 0.29) is 5.91 Å². The highest BCUT2D eigenvalue weighted by molar-refractivity contribution is 7.98. The van der Waals surface area contributed by atoms with Gasteiger partial charge in [-0.2, -0.15) is 0 Å². The number of nitrogens with one attached hydrogen (secondary N) is 1. The molecule has 1 N–H and O–H groups in total. The van der Waals surface area contributed by atoms with Gasteiger partial charge in [-0.05, 0) is 30.4 Å². The molecule has 0 unspecified atom stereocenters. The molecule has 0 bridgehead atoms. The summed E-state index contributed by atoms with van der Waals surface area (Å²) in [6, 6.07) is 6.27. The number of hydrogen-bond donors (Lipinski definition) is 1. The largest absolute Gasteiger partial charge is 0.352 e. The molecule has 0 aliphatic heterocycles. The highest BCUT2D eigenvalue weighted by Crippen LogP contribution is 2.21. The fourth-order valence-electron chi connectivity index (χ4n) is 1.22. The van der Waals surface area contributed by atoms with Gasteiger partial charge in [-0.15, -0.1) is 11.8 Å². The maximum absolute atomic E-state index is 10.8.